The Bertz CT molecular complexity index is 412. The van der Waals surface area contributed by atoms with Crippen molar-refractivity contribution in [3.05, 3.63) is 30.3 Å². The molecule has 0 radical (unpaired) electrons. The maximum atomic E-state index is 12.4. The number of anilines is 1. The first-order chi connectivity index (χ1) is 9.37. The predicted molar refractivity (Wildman–Crippen MR) is 82.9 cm³/mol. The summed E-state index contributed by atoms with van der Waals surface area (Å²) in [6.07, 6.45) is 0. The van der Waals surface area contributed by atoms with Gasteiger partial charge in [0.15, 0.2) is 0 Å². The summed E-state index contributed by atoms with van der Waals surface area (Å²) in [5.74, 6) is 0.0600. The fraction of sp³-hybridized carbons (Fsp3) is 0.562. The zero-order valence-corrected chi connectivity index (χ0v) is 13.0. The third-order valence-corrected chi connectivity index (χ3v) is 3.10. The van der Waals surface area contributed by atoms with E-state index in [0.29, 0.717) is 19.6 Å². The van der Waals surface area contributed by atoms with E-state index in [9.17, 15) is 9.90 Å². The number of benzene rings is 1. The fourth-order valence-corrected chi connectivity index (χ4v) is 2.21. The van der Waals surface area contributed by atoms with Gasteiger partial charge in [-0.1, -0.05) is 25.1 Å². The number of carbonyl (C=O) groups is 1. The number of hydrogen-bond donors (Lipinski definition) is 1. The molecule has 1 aromatic rings. The zero-order chi connectivity index (χ0) is 15.2. The van der Waals surface area contributed by atoms with Crippen LogP contribution in [0.1, 0.15) is 27.7 Å². The number of likely N-dealkylation sites (N-methyl/N-ethyl adjacent to an activating group) is 2. The van der Waals surface area contributed by atoms with E-state index >= 15 is 0 Å². The van der Waals surface area contributed by atoms with Crippen molar-refractivity contribution in [3.63, 3.8) is 0 Å². The van der Waals surface area contributed by atoms with E-state index in [1.165, 1.54) is 0 Å². The van der Waals surface area contributed by atoms with E-state index in [1.54, 1.807) is 18.7 Å². The van der Waals surface area contributed by atoms with Crippen molar-refractivity contribution in [2.45, 2.75) is 33.3 Å². The molecule has 0 unspecified atom stereocenters. The highest BCUT2D eigenvalue weighted by atomic mass is 16.3. The van der Waals surface area contributed by atoms with Gasteiger partial charge in [0.25, 0.3) is 0 Å². The summed E-state index contributed by atoms with van der Waals surface area (Å²) in [4.78, 5) is 16.2. The van der Waals surface area contributed by atoms with Crippen LogP contribution in [-0.2, 0) is 4.79 Å². The van der Waals surface area contributed by atoms with Crippen LogP contribution in [0, 0.1) is 0 Å². The van der Waals surface area contributed by atoms with Gasteiger partial charge in [-0.3, -0.25) is 9.69 Å². The van der Waals surface area contributed by atoms with E-state index < -0.39 is 5.60 Å². The average Bonchev–Trinajstić information content (AvgIpc) is 2.38. The van der Waals surface area contributed by atoms with Gasteiger partial charge < -0.3 is 10.0 Å². The molecule has 0 spiro atoms. The van der Waals surface area contributed by atoms with E-state index in [-0.39, 0.29) is 5.91 Å². The first-order valence-electron chi connectivity index (χ1n) is 7.17. The molecule has 1 rings (SSSR count). The van der Waals surface area contributed by atoms with Crippen molar-refractivity contribution in [2.75, 3.05) is 31.1 Å². The summed E-state index contributed by atoms with van der Waals surface area (Å²) >= 11 is 0. The first-order valence-corrected chi connectivity index (χ1v) is 7.17. The highest BCUT2D eigenvalue weighted by molar-refractivity contribution is 5.94. The number of nitrogens with zero attached hydrogens (tertiary/aromatic N) is 2. The van der Waals surface area contributed by atoms with E-state index in [1.807, 2.05) is 49.1 Å². The molecule has 0 aliphatic heterocycles. The fourth-order valence-electron chi connectivity index (χ4n) is 2.21. The Morgan fingerprint density at radius 2 is 1.75 bits per heavy atom. The lowest BCUT2D eigenvalue weighted by Gasteiger charge is -2.30. The normalized spacial score (nSPS) is 11.7. The number of aliphatic hydroxyl groups is 1. The Kier molecular flexibility index (Phi) is 6.17. The molecule has 0 saturated heterocycles. The number of amides is 1. The van der Waals surface area contributed by atoms with Crippen LogP contribution in [0.3, 0.4) is 0 Å². The Morgan fingerprint density at radius 1 is 1.15 bits per heavy atom. The van der Waals surface area contributed by atoms with Crippen molar-refractivity contribution < 1.29 is 9.90 Å². The smallest absolute Gasteiger partial charge is 0.241 e. The van der Waals surface area contributed by atoms with Gasteiger partial charge in [0.05, 0.1) is 12.1 Å². The van der Waals surface area contributed by atoms with Crippen LogP contribution in [-0.4, -0.2) is 47.7 Å². The van der Waals surface area contributed by atoms with Gasteiger partial charge >= 0.3 is 0 Å². The molecule has 4 nitrogen and oxygen atoms in total. The van der Waals surface area contributed by atoms with Crippen molar-refractivity contribution in [1.82, 2.24) is 4.90 Å². The van der Waals surface area contributed by atoms with E-state index in [0.717, 1.165) is 12.2 Å². The third kappa shape index (κ3) is 5.31. The standard InChI is InChI=1S/C16H26N2O2/c1-5-17(13-16(3,4)20)12-15(19)18(6-2)14-10-8-7-9-11-14/h7-11,20H,5-6,12-13H2,1-4H3. The molecule has 112 valence electrons. The van der Waals surface area contributed by atoms with Crippen LogP contribution in [0.25, 0.3) is 0 Å². The molecule has 0 bridgehead atoms. The van der Waals surface area contributed by atoms with Gasteiger partial charge in [0.2, 0.25) is 5.91 Å². The second kappa shape index (κ2) is 7.41. The summed E-state index contributed by atoms with van der Waals surface area (Å²) in [5.41, 5.74) is 0.124. The molecule has 1 N–H and O–H groups in total. The summed E-state index contributed by atoms with van der Waals surface area (Å²) < 4.78 is 0. The Morgan fingerprint density at radius 3 is 2.20 bits per heavy atom. The van der Waals surface area contributed by atoms with Crippen molar-refractivity contribution in [1.29, 1.82) is 0 Å². The summed E-state index contributed by atoms with van der Waals surface area (Å²) in [5, 5.41) is 9.88. The Balaban J connectivity index is 2.72. The topological polar surface area (TPSA) is 43.8 Å². The highest BCUT2D eigenvalue weighted by Crippen LogP contribution is 2.14. The van der Waals surface area contributed by atoms with Gasteiger partial charge in [-0.2, -0.15) is 0 Å². The summed E-state index contributed by atoms with van der Waals surface area (Å²) in [6, 6.07) is 9.68. The number of rotatable bonds is 7. The van der Waals surface area contributed by atoms with Crippen LogP contribution in [0.15, 0.2) is 30.3 Å². The van der Waals surface area contributed by atoms with Crippen LogP contribution in [0.4, 0.5) is 5.69 Å². The van der Waals surface area contributed by atoms with Gasteiger partial charge in [0, 0.05) is 18.8 Å². The maximum absolute atomic E-state index is 12.4. The minimum absolute atomic E-state index is 0.0600. The number of hydrogen-bond acceptors (Lipinski definition) is 3. The minimum atomic E-state index is -0.792. The van der Waals surface area contributed by atoms with Crippen LogP contribution < -0.4 is 4.90 Å². The van der Waals surface area contributed by atoms with E-state index in [4.69, 9.17) is 0 Å². The molecule has 4 heteroatoms. The Labute approximate surface area is 122 Å². The zero-order valence-electron chi connectivity index (χ0n) is 13.0. The van der Waals surface area contributed by atoms with Gasteiger partial charge in [0.1, 0.15) is 0 Å². The van der Waals surface area contributed by atoms with Gasteiger partial charge in [-0.05, 0) is 39.4 Å². The lowest BCUT2D eigenvalue weighted by molar-refractivity contribution is -0.120. The number of carbonyl (C=O) groups excluding carboxylic acids is 1. The van der Waals surface area contributed by atoms with Crippen LogP contribution >= 0.6 is 0 Å². The van der Waals surface area contributed by atoms with Crippen molar-refractivity contribution in [2.24, 2.45) is 0 Å². The molecule has 20 heavy (non-hydrogen) atoms. The first kappa shape index (κ1) is 16.7. The van der Waals surface area contributed by atoms with Crippen molar-refractivity contribution in [3.8, 4) is 0 Å². The van der Waals surface area contributed by atoms with E-state index in [2.05, 4.69) is 0 Å². The molecule has 0 atom stereocenters. The number of para-hydroxylation sites is 1. The van der Waals surface area contributed by atoms with Gasteiger partial charge in [-0.15, -0.1) is 0 Å². The molecule has 0 aromatic heterocycles. The largest absolute Gasteiger partial charge is 0.389 e. The average molecular weight is 278 g/mol. The monoisotopic (exact) mass is 278 g/mol. The third-order valence-electron chi connectivity index (χ3n) is 3.10. The summed E-state index contributed by atoms with van der Waals surface area (Å²) in [7, 11) is 0. The molecular weight excluding hydrogens is 252 g/mol. The van der Waals surface area contributed by atoms with Gasteiger partial charge in [-0.25, -0.2) is 0 Å². The second-order valence-electron chi connectivity index (χ2n) is 5.59. The van der Waals surface area contributed by atoms with Crippen molar-refractivity contribution >= 4 is 11.6 Å². The lowest BCUT2D eigenvalue weighted by atomic mass is 10.1. The molecule has 0 heterocycles. The predicted octanol–water partition coefficient (Wildman–Crippen LogP) is 2.13. The minimum Gasteiger partial charge on any atom is -0.389 e. The molecule has 0 aliphatic rings. The Hall–Kier alpha value is -1.39. The molecule has 1 aromatic carbocycles. The lowest BCUT2D eigenvalue weighted by Crippen LogP contribution is -2.45. The molecule has 0 fully saturated rings. The quantitative estimate of drug-likeness (QED) is 0.831. The van der Waals surface area contributed by atoms with Crippen LogP contribution in [0.5, 0.6) is 0 Å². The molecule has 0 aliphatic carbocycles. The maximum Gasteiger partial charge on any atom is 0.241 e. The second-order valence-corrected chi connectivity index (χ2v) is 5.59. The molecular formula is C16H26N2O2. The molecule has 1 amide bonds. The van der Waals surface area contributed by atoms with Crippen LogP contribution in [0.2, 0.25) is 0 Å². The highest BCUT2D eigenvalue weighted by Gasteiger charge is 2.21. The summed E-state index contributed by atoms with van der Waals surface area (Å²) in [6.45, 7) is 9.68. The SMILES string of the molecule is CCN(CC(=O)N(CC)c1ccccc1)CC(C)(C)O. The molecule has 0 saturated carbocycles.